The average Bonchev–Trinajstić information content (AvgIpc) is 3.58. The Kier molecular flexibility index (Phi) is 6.30. The van der Waals surface area contributed by atoms with Gasteiger partial charge in [0, 0.05) is 53.1 Å². The summed E-state index contributed by atoms with van der Waals surface area (Å²) in [6.45, 7) is 4.40. The highest BCUT2D eigenvalue weighted by Crippen LogP contribution is 2.51. The summed E-state index contributed by atoms with van der Waals surface area (Å²) in [4.78, 5) is 27.2. The van der Waals surface area contributed by atoms with Crippen LogP contribution in [0.1, 0.15) is 58.3 Å². The van der Waals surface area contributed by atoms with Crippen molar-refractivity contribution in [2.75, 3.05) is 20.3 Å². The van der Waals surface area contributed by atoms with Crippen LogP contribution in [0.2, 0.25) is 0 Å². The molecular formula is C26H27NO7S2. The number of nitrogens with zero attached hydrogens (tertiary/aromatic N) is 1. The largest absolute Gasteiger partial charge is 0.493 e. The zero-order valence-electron chi connectivity index (χ0n) is 20.2. The van der Waals surface area contributed by atoms with Gasteiger partial charge in [-0.1, -0.05) is 0 Å². The summed E-state index contributed by atoms with van der Waals surface area (Å²) in [5.74, 6) is -0.907. The quantitative estimate of drug-likeness (QED) is 0.415. The third-order valence-electron chi connectivity index (χ3n) is 6.71. The van der Waals surface area contributed by atoms with Gasteiger partial charge in [-0.15, -0.1) is 11.3 Å². The van der Waals surface area contributed by atoms with Crippen LogP contribution in [-0.4, -0.2) is 44.4 Å². The number of aryl methyl sites for hydroxylation is 1. The van der Waals surface area contributed by atoms with Crippen molar-refractivity contribution in [2.45, 2.75) is 49.3 Å². The van der Waals surface area contributed by atoms with Crippen molar-refractivity contribution in [3.63, 3.8) is 0 Å². The van der Waals surface area contributed by atoms with Crippen molar-refractivity contribution < 1.29 is 27.8 Å². The minimum atomic E-state index is -3.87. The molecule has 0 amide bonds. The molecule has 1 aromatic carbocycles. The molecule has 5 rings (SSSR count). The normalized spacial score (nSPS) is 17.9. The first-order valence-corrected chi connectivity index (χ1v) is 14.1. The van der Waals surface area contributed by atoms with Gasteiger partial charge < -0.3 is 19.1 Å². The predicted octanol–water partition coefficient (Wildman–Crippen LogP) is 4.85. The molecule has 0 saturated heterocycles. The summed E-state index contributed by atoms with van der Waals surface area (Å²) in [5, 5.41) is 8.66. The maximum atomic E-state index is 13.7. The first-order chi connectivity index (χ1) is 17.1. The summed E-state index contributed by atoms with van der Waals surface area (Å²) >= 11 is 1.56. The van der Waals surface area contributed by atoms with Crippen molar-refractivity contribution >= 4 is 27.1 Å². The molecule has 36 heavy (non-hydrogen) atoms. The van der Waals surface area contributed by atoms with Crippen LogP contribution in [0.3, 0.4) is 0 Å². The van der Waals surface area contributed by atoms with E-state index in [4.69, 9.17) is 9.47 Å². The summed E-state index contributed by atoms with van der Waals surface area (Å²) in [6, 6.07) is 8.39. The van der Waals surface area contributed by atoms with Crippen LogP contribution in [0, 0.1) is 6.92 Å². The fraction of sp³-hybridized carbons (Fsp3) is 0.385. The van der Waals surface area contributed by atoms with E-state index in [1.54, 1.807) is 37.5 Å². The maximum Gasteiger partial charge on any atom is 0.341 e. The highest BCUT2D eigenvalue weighted by Gasteiger charge is 2.41. The molecule has 1 saturated carbocycles. The fourth-order valence-corrected chi connectivity index (χ4v) is 7.22. The first-order valence-electron chi connectivity index (χ1n) is 11.8. The molecule has 1 aliphatic carbocycles. The van der Waals surface area contributed by atoms with Crippen LogP contribution in [0.25, 0.3) is 21.7 Å². The molecule has 2 aromatic heterocycles. The van der Waals surface area contributed by atoms with E-state index in [9.17, 15) is 23.1 Å². The monoisotopic (exact) mass is 529 g/mol. The SMILES string of the molecule is COCCCOc1cc2c(cc1-c1ccc(C)s1)-c1c(cc(C(=O)O)c(=O)n1C1CC1)C(C)S2(=O)=O. The Labute approximate surface area is 213 Å². The molecule has 1 aliphatic heterocycles. The number of benzene rings is 1. The van der Waals surface area contributed by atoms with Gasteiger partial charge in [0.15, 0.2) is 9.84 Å². The molecule has 0 bridgehead atoms. The minimum absolute atomic E-state index is 0.0955. The number of fused-ring (bicyclic) bond motifs is 3. The summed E-state index contributed by atoms with van der Waals surface area (Å²) in [6.07, 6.45) is 2.12. The Morgan fingerprint density at radius 2 is 1.92 bits per heavy atom. The highest BCUT2D eigenvalue weighted by atomic mass is 32.2. The van der Waals surface area contributed by atoms with Gasteiger partial charge in [0.1, 0.15) is 11.3 Å². The molecule has 1 unspecified atom stereocenters. The van der Waals surface area contributed by atoms with Crippen molar-refractivity contribution in [1.82, 2.24) is 4.57 Å². The Morgan fingerprint density at radius 3 is 2.53 bits per heavy atom. The van der Waals surface area contributed by atoms with Gasteiger partial charge in [0.2, 0.25) is 0 Å². The Balaban J connectivity index is 1.81. The number of sulfone groups is 1. The lowest BCUT2D eigenvalue weighted by Gasteiger charge is -2.29. The van der Waals surface area contributed by atoms with Crippen LogP contribution in [0.15, 0.2) is 40.0 Å². The second-order valence-corrected chi connectivity index (χ2v) is 12.7. The molecule has 10 heteroatoms. The number of thiophene rings is 1. The summed E-state index contributed by atoms with van der Waals surface area (Å²) in [5.41, 5.74) is 0.970. The number of aromatic nitrogens is 1. The van der Waals surface area contributed by atoms with Crippen molar-refractivity contribution in [3.05, 3.63) is 56.7 Å². The highest BCUT2D eigenvalue weighted by molar-refractivity contribution is 7.92. The van der Waals surface area contributed by atoms with Crippen LogP contribution in [-0.2, 0) is 14.6 Å². The predicted molar refractivity (Wildman–Crippen MR) is 137 cm³/mol. The molecule has 2 aliphatic rings. The first kappa shape index (κ1) is 24.7. The Hall–Kier alpha value is -2.95. The summed E-state index contributed by atoms with van der Waals surface area (Å²) < 4.78 is 40.1. The maximum absolute atomic E-state index is 13.7. The number of hydrogen-bond donors (Lipinski definition) is 1. The van der Waals surface area contributed by atoms with E-state index in [1.165, 1.54) is 10.6 Å². The third-order valence-corrected chi connectivity index (χ3v) is 9.88. The molecule has 8 nitrogen and oxygen atoms in total. The van der Waals surface area contributed by atoms with Crippen molar-refractivity contribution in [1.29, 1.82) is 0 Å². The van der Waals surface area contributed by atoms with E-state index in [1.807, 2.05) is 19.1 Å². The van der Waals surface area contributed by atoms with Gasteiger partial charge in [-0.05, 0) is 56.5 Å². The van der Waals surface area contributed by atoms with Gasteiger partial charge in [0.25, 0.3) is 5.56 Å². The molecule has 3 heterocycles. The number of pyridine rings is 1. The topological polar surface area (TPSA) is 112 Å². The van der Waals surface area contributed by atoms with E-state index in [0.29, 0.717) is 42.2 Å². The van der Waals surface area contributed by atoms with Crippen molar-refractivity contribution in [3.8, 4) is 27.4 Å². The lowest BCUT2D eigenvalue weighted by atomic mass is 9.97. The lowest BCUT2D eigenvalue weighted by Crippen LogP contribution is -2.31. The van der Waals surface area contributed by atoms with E-state index < -0.39 is 32.2 Å². The second kappa shape index (κ2) is 9.17. The molecule has 1 fully saturated rings. The number of carboxylic acids is 1. The smallest absolute Gasteiger partial charge is 0.341 e. The van der Waals surface area contributed by atoms with Gasteiger partial charge in [0.05, 0.1) is 22.4 Å². The molecule has 0 spiro atoms. The number of carboxylic acid groups (broad SMARTS) is 1. The third kappa shape index (κ3) is 4.07. The average molecular weight is 530 g/mol. The second-order valence-electron chi connectivity index (χ2n) is 9.21. The molecule has 1 N–H and O–H groups in total. The van der Waals surface area contributed by atoms with E-state index in [2.05, 4.69) is 0 Å². The van der Waals surface area contributed by atoms with Crippen molar-refractivity contribution in [2.24, 2.45) is 0 Å². The Morgan fingerprint density at radius 1 is 1.17 bits per heavy atom. The standard InChI is InChI=1S/C26H27NO7S2/c1-14-5-8-22(35-14)18-12-19-23(13-21(18)34-10-4-9-33-3)36(31,32)15(2)17-11-20(26(29)30)25(28)27(24(17)19)16-6-7-16/h5,8,11-13,15-16H,4,6-7,9-10H2,1-3H3,(H,29,30). The van der Waals surface area contributed by atoms with Gasteiger partial charge in [-0.3, -0.25) is 4.79 Å². The number of methoxy groups -OCH3 is 1. The van der Waals surface area contributed by atoms with Gasteiger partial charge in [-0.25, -0.2) is 13.2 Å². The Bertz CT molecular complexity index is 1530. The number of carbonyl (C=O) groups is 1. The van der Waals surface area contributed by atoms with E-state index >= 15 is 0 Å². The molecular weight excluding hydrogens is 502 g/mol. The molecule has 0 radical (unpaired) electrons. The zero-order chi connectivity index (χ0) is 25.8. The van der Waals surface area contributed by atoms with Gasteiger partial charge in [-0.2, -0.15) is 0 Å². The molecule has 3 aromatic rings. The molecule has 190 valence electrons. The van der Waals surface area contributed by atoms with Crippen LogP contribution in [0.5, 0.6) is 5.75 Å². The fourth-order valence-electron chi connectivity index (χ4n) is 4.70. The van der Waals surface area contributed by atoms with E-state index in [-0.39, 0.29) is 10.9 Å². The number of hydrogen-bond acceptors (Lipinski definition) is 7. The number of aromatic carboxylic acids is 1. The van der Waals surface area contributed by atoms with Crippen LogP contribution in [0.4, 0.5) is 0 Å². The van der Waals surface area contributed by atoms with Crippen LogP contribution >= 0.6 is 11.3 Å². The van der Waals surface area contributed by atoms with Gasteiger partial charge >= 0.3 is 5.97 Å². The van der Waals surface area contributed by atoms with E-state index in [0.717, 1.165) is 28.2 Å². The number of rotatable bonds is 8. The number of ether oxygens (including phenoxy) is 2. The van der Waals surface area contributed by atoms with Crippen LogP contribution < -0.4 is 10.3 Å². The zero-order valence-corrected chi connectivity index (χ0v) is 21.9. The minimum Gasteiger partial charge on any atom is -0.493 e. The molecule has 1 atom stereocenters. The lowest BCUT2D eigenvalue weighted by molar-refractivity contribution is 0.0694. The summed E-state index contributed by atoms with van der Waals surface area (Å²) in [7, 11) is -2.26.